The summed E-state index contributed by atoms with van der Waals surface area (Å²) < 4.78 is 14.4. The molecule has 0 aliphatic heterocycles. The molecule has 0 saturated heterocycles. The van der Waals surface area contributed by atoms with Gasteiger partial charge in [-0.15, -0.1) is 0 Å². The average Bonchev–Trinajstić information content (AvgIpc) is 1.97. The van der Waals surface area contributed by atoms with Gasteiger partial charge >= 0.3 is 0 Å². The fourth-order valence-corrected chi connectivity index (χ4v) is 0.384. The molecule has 0 radical (unpaired) electrons. The van der Waals surface area contributed by atoms with E-state index in [4.69, 9.17) is 14.6 Å². The van der Waals surface area contributed by atoms with Gasteiger partial charge in [0.15, 0.2) is 0 Å². The SMILES string of the molecule is CCOCOCCOCO. The van der Waals surface area contributed by atoms with Crippen LogP contribution in [0.5, 0.6) is 0 Å². The highest BCUT2D eigenvalue weighted by molar-refractivity contribution is 4.22. The Balaban J connectivity index is 2.65. The molecule has 0 rings (SSSR count). The van der Waals surface area contributed by atoms with Gasteiger partial charge in [0.1, 0.15) is 13.6 Å². The molecular weight excluding hydrogens is 136 g/mol. The van der Waals surface area contributed by atoms with Crippen molar-refractivity contribution < 1.29 is 19.3 Å². The molecule has 0 unspecified atom stereocenters. The van der Waals surface area contributed by atoms with Gasteiger partial charge < -0.3 is 19.3 Å². The Morgan fingerprint density at radius 3 is 2.40 bits per heavy atom. The normalized spacial score (nSPS) is 10.2. The second-order valence-electron chi connectivity index (χ2n) is 1.56. The smallest absolute Gasteiger partial charge is 0.146 e. The number of hydrogen-bond acceptors (Lipinski definition) is 4. The van der Waals surface area contributed by atoms with Crippen molar-refractivity contribution in [1.82, 2.24) is 0 Å². The Morgan fingerprint density at radius 1 is 1.10 bits per heavy atom. The topological polar surface area (TPSA) is 47.9 Å². The Bertz CT molecular complexity index is 49.7. The molecular formula is C6H14O4. The molecule has 4 heteroatoms. The van der Waals surface area contributed by atoms with E-state index in [1.807, 2.05) is 6.92 Å². The van der Waals surface area contributed by atoms with Crippen LogP contribution in [0.15, 0.2) is 0 Å². The first kappa shape index (κ1) is 9.84. The van der Waals surface area contributed by atoms with Crippen molar-refractivity contribution in [3.8, 4) is 0 Å². The number of aliphatic hydroxyl groups is 1. The molecule has 0 aromatic carbocycles. The van der Waals surface area contributed by atoms with Crippen LogP contribution >= 0.6 is 0 Å². The van der Waals surface area contributed by atoms with Crippen molar-refractivity contribution in [2.75, 3.05) is 33.4 Å². The second-order valence-corrected chi connectivity index (χ2v) is 1.56. The number of hydrogen-bond donors (Lipinski definition) is 1. The lowest BCUT2D eigenvalue weighted by Gasteiger charge is -2.02. The van der Waals surface area contributed by atoms with E-state index in [0.29, 0.717) is 26.6 Å². The molecule has 0 aliphatic rings. The lowest BCUT2D eigenvalue weighted by Crippen LogP contribution is -2.07. The van der Waals surface area contributed by atoms with E-state index < -0.39 is 0 Å². The predicted molar refractivity (Wildman–Crippen MR) is 35.5 cm³/mol. The number of aliphatic hydroxyl groups excluding tert-OH is 1. The maximum absolute atomic E-state index is 8.16. The van der Waals surface area contributed by atoms with Gasteiger partial charge in [0.25, 0.3) is 0 Å². The molecule has 62 valence electrons. The summed E-state index contributed by atoms with van der Waals surface area (Å²) in [6, 6.07) is 0. The molecule has 0 bridgehead atoms. The highest BCUT2D eigenvalue weighted by atomic mass is 16.7. The van der Waals surface area contributed by atoms with Crippen LogP contribution in [0.3, 0.4) is 0 Å². The zero-order valence-electron chi connectivity index (χ0n) is 6.21. The summed E-state index contributed by atoms with van der Waals surface area (Å²) in [5.41, 5.74) is 0. The van der Waals surface area contributed by atoms with Crippen LogP contribution < -0.4 is 0 Å². The minimum absolute atomic E-state index is 0.252. The van der Waals surface area contributed by atoms with Crippen LogP contribution in [0.25, 0.3) is 0 Å². The van der Waals surface area contributed by atoms with Crippen LogP contribution in [-0.2, 0) is 14.2 Å². The first-order valence-electron chi connectivity index (χ1n) is 3.26. The van der Waals surface area contributed by atoms with Gasteiger partial charge in [-0.05, 0) is 6.92 Å². The van der Waals surface area contributed by atoms with Crippen molar-refractivity contribution in [2.24, 2.45) is 0 Å². The van der Waals surface area contributed by atoms with Gasteiger partial charge in [-0.3, -0.25) is 0 Å². The lowest BCUT2D eigenvalue weighted by atomic mass is 10.8. The highest BCUT2D eigenvalue weighted by Crippen LogP contribution is 1.78. The van der Waals surface area contributed by atoms with E-state index in [1.54, 1.807) is 0 Å². The monoisotopic (exact) mass is 150 g/mol. The van der Waals surface area contributed by atoms with E-state index in [9.17, 15) is 0 Å². The van der Waals surface area contributed by atoms with Crippen LogP contribution in [0.1, 0.15) is 6.92 Å². The standard InChI is InChI=1S/C6H14O4/c1-2-8-6-10-4-3-9-5-7/h7H,2-6H2,1H3. The summed E-state index contributed by atoms with van der Waals surface area (Å²) >= 11 is 0. The van der Waals surface area contributed by atoms with E-state index in [1.165, 1.54) is 0 Å². The summed E-state index contributed by atoms with van der Waals surface area (Å²) in [6.45, 7) is 3.46. The Kier molecular flexibility index (Phi) is 8.70. The third-order valence-electron chi connectivity index (χ3n) is 0.834. The predicted octanol–water partition coefficient (Wildman–Crippen LogP) is -0.0366. The number of rotatable bonds is 7. The van der Waals surface area contributed by atoms with E-state index in [0.717, 1.165) is 0 Å². The van der Waals surface area contributed by atoms with Crippen LogP contribution in [-0.4, -0.2) is 38.5 Å². The molecule has 0 saturated carbocycles. The summed E-state index contributed by atoms with van der Waals surface area (Å²) in [5.74, 6) is 0. The number of ether oxygens (including phenoxy) is 3. The van der Waals surface area contributed by atoms with Gasteiger partial charge in [0, 0.05) is 6.61 Å². The largest absolute Gasteiger partial charge is 0.371 e. The highest BCUT2D eigenvalue weighted by Gasteiger charge is 1.85. The molecule has 0 aliphatic carbocycles. The Morgan fingerprint density at radius 2 is 1.80 bits per heavy atom. The third kappa shape index (κ3) is 7.84. The zero-order chi connectivity index (χ0) is 7.66. The zero-order valence-corrected chi connectivity index (χ0v) is 6.21. The van der Waals surface area contributed by atoms with Gasteiger partial charge in [-0.2, -0.15) is 0 Å². The first-order chi connectivity index (χ1) is 4.91. The molecule has 0 aromatic heterocycles. The van der Waals surface area contributed by atoms with Crippen LogP contribution in [0.2, 0.25) is 0 Å². The van der Waals surface area contributed by atoms with E-state index in [-0.39, 0.29) is 6.79 Å². The maximum Gasteiger partial charge on any atom is 0.146 e. The van der Waals surface area contributed by atoms with Gasteiger partial charge in [0.2, 0.25) is 0 Å². The third-order valence-corrected chi connectivity index (χ3v) is 0.834. The molecule has 0 heterocycles. The summed E-state index contributed by atoms with van der Waals surface area (Å²) in [5, 5.41) is 8.16. The van der Waals surface area contributed by atoms with Crippen molar-refractivity contribution in [3.63, 3.8) is 0 Å². The quantitative estimate of drug-likeness (QED) is 0.409. The van der Waals surface area contributed by atoms with Gasteiger partial charge in [-0.25, -0.2) is 0 Å². The molecule has 0 spiro atoms. The van der Waals surface area contributed by atoms with Gasteiger partial charge in [-0.1, -0.05) is 0 Å². The summed E-state index contributed by atoms with van der Waals surface area (Å²) in [4.78, 5) is 0. The molecule has 4 nitrogen and oxygen atoms in total. The molecule has 0 amide bonds. The van der Waals surface area contributed by atoms with Crippen molar-refractivity contribution in [1.29, 1.82) is 0 Å². The summed E-state index contributed by atoms with van der Waals surface area (Å²) in [6.07, 6.45) is 0. The minimum Gasteiger partial charge on any atom is -0.371 e. The molecule has 0 fully saturated rings. The second kappa shape index (κ2) is 8.84. The fraction of sp³-hybridized carbons (Fsp3) is 1.00. The molecule has 0 atom stereocenters. The van der Waals surface area contributed by atoms with E-state index >= 15 is 0 Å². The van der Waals surface area contributed by atoms with Crippen molar-refractivity contribution >= 4 is 0 Å². The average molecular weight is 150 g/mol. The Labute approximate surface area is 60.7 Å². The maximum atomic E-state index is 8.16. The van der Waals surface area contributed by atoms with Gasteiger partial charge in [0.05, 0.1) is 13.2 Å². The minimum atomic E-state index is -0.252. The van der Waals surface area contributed by atoms with Crippen LogP contribution in [0, 0.1) is 0 Å². The lowest BCUT2D eigenvalue weighted by molar-refractivity contribution is -0.0822. The Hall–Kier alpha value is -0.160. The van der Waals surface area contributed by atoms with E-state index in [2.05, 4.69) is 4.74 Å². The molecule has 0 aromatic rings. The fourth-order valence-electron chi connectivity index (χ4n) is 0.384. The molecule has 10 heavy (non-hydrogen) atoms. The summed E-state index contributed by atoms with van der Waals surface area (Å²) in [7, 11) is 0. The van der Waals surface area contributed by atoms with Crippen molar-refractivity contribution in [2.45, 2.75) is 6.92 Å². The first-order valence-corrected chi connectivity index (χ1v) is 3.26. The van der Waals surface area contributed by atoms with Crippen LogP contribution in [0.4, 0.5) is 0 Å². The van der Waals surface area contributed by atoms with Crippen molar-refractivity contribution in [3.05, 3.63) is 0 Å². The molecule has 1 N–H and O–H groups in total.